The Bertz CT molecular complexity index is 15.2. The molecule has 0 bridgehead atoms. The van der Waals surface area contributed by atoms with Gasteiger partial charge in [-0.25, -0.2) is 0 Å². The normalized spacial score (nSPS) is 24.0. The molecule has 0 aromatic rings. The van der Waals surface area contributed by atoms with Crippen molar-refractivity contribution in [3.05, 3.63) is 0 Å². The summed E-state index contributed by atoms with van der Waals surface area (Å²) in [4.78, 5) is 0. The molecule has 1 saturated heterocycles. The third-order valence-corrected chi connectivity index (χ3v) is 25.3. The molecule has 0 N–H and O–H groups in total. The number of rotatable bonds is 0. The van der Waals surface area contributed by atoms with Crippen molar-refractivity contribution in [2.45, 2.75) is 0 Å². The van der Waals surface area contributed by atoms with Crippen molar-refractivity contribution in [2.75, 3.05) is 0 Å². The number of hydrogen-bond donors (Lipinski definition) is 0. The Kier molecular flexibility index (Phi) is 2.20. The SMILES string of the molecule is [Si]1[Si][Si]P[Si]1. The molecule has 0 saturated carbocycles. The lowest BCUT2D eigenvalue weighted by atomic mass is 26.5. The third-order valence-electron chi connectivity index (χ3n) is 0.312. The minimum atomic E-state index is 1.39. The van der Waals surface area contributed by atoms with Crippen LogP contribution in [0.25, 0.3) is 0 Å². The minimum absolute atomic E-state index is 1.39. The Morgan fingerprint density at radius 1 is 1.00 bits per heavy atom. The molecule has 22 valence electrons. The molecule has 0 spiro atoms. The highest BCUT2D eigenvalue weighted by Crippen LogP contribution is 2.03. The van der Waals surface area contributed by atoms with E-state index < -0.39 is 0 Å². The predicted octanol–water partition coefficient (Wildman–Crippen LogP) is -0.930. The molecule has 0 aromatic carbocycles. The lowest BCUT2D eigenvalue weighted by Gasteiger charge is -1.66. The monoisotopic (exact) mass is 144 g/mol. The first-order valence-electron chi connectivity index (χ1n) is 1.25. The van der Waals surface area contributed by atoms with Crippen molar-refractivity contribution in [3.63, 3.8) is 0 Å². The van der Waals surface area contributed by atoms with Gasteiger partial charge in [-0.05, 0) is 0 Å². The standard InChI is InChI=1S/HPSi4/c1-2-4-5-3-1/h1H. The van der Waals surface area contributed by atoms with Gasteiger partial charge < -0.3 is 0 Å². The van der Waals surface area contributed by atoms with Gasteiger partial charge in [0.25, 0.3) is 0 Å². The van der Waals surface area contributed by atoms with Gasteiger partial charge in [0.1, 0.15) is 0 Å². The van der Waals surface area contributed by atoms with Gasteiger partial charge in [0.2, 0.25) is 0 Å². The summed E-state index contributed by atoms with van der Waals surface area (Å²) in [5.74, 6) is 0. The zero-order valence-electron chi connectivity index (χ0n) is 2.50. The van der Waals surface area contributed by atoms with Crippen molar-refractivity contribution >= 4 is 42.2 Å². The average molecular weight is 144 g/mol. The van der Waals surface area contributed by atoms with Crippen LogP contribution in [-0.4, -0.2) is 34.5 Å². The highest BCUT2D eigenvalue weighted by atomic mass is 31.6. The van der Waals surface area contributed by atoms with Crippen LogP contribution in [0.1, 0.15) is 0 Å². The highest BCUT2D eigenvalue weighted by molar-refractivity contribution is 8.13. The predicted molar refractivity (Wildman–Crippen MR) is 31.3 cm³/mol. The van der Waals surface area contributed by atoms with Crippen molar-refractivity contribution in [1.29, 1.82) is 0 Å². The number of hydrogen-bond acceptors (Lipinski definition) is 0. The smallest absolute Gasteiger partial charge is 0.0446 e. The van der Waals surface area contributed by atoms with Crippen LogP contribution in [0.15, 0.2) is 0 Å². The maximum absolute atomic E-state index is 1.39. The lowest BCUT2D eigenvalue weighted by molar-refractivity contribution is 4.14. The molecule has 1 fully saturated rings. The van der Waals surface area contributed by atoms with E-state index in [2.05, 4.69) is 0 Å². The van der Waals surface area contributed by atoms with Crippen LogP contribution < -0.4 is 0 Å². The first-order chi connectivity index (χ1) is 2.50. The molecular weight excluding hydrogens is 143 g/mol. The highest BCUT2D eigenvalue weighted by Gasteiger charge is 1.99. The topological polar surface area (TPSA) is 0 Å². The Hall–Kier alpha value is 1.30. The molecule has 1 heterocycles. The summed E-state index contributed by atoms with van der Waals surface area (Å²) in [6, 6.07) is 0. The molecule has 0 atom stereocenters. The average Bonchev–Trinajstić information content (AvgIpc) is 1.76. The largest absolute Gasteiger partial charge is 0.159 e. The van der Waals surface area contributed by atoms with Crippen molar-refractivity contribution in [1.82, 2.24) is 0 Å². The van der Waals surface area contributed by atoms with Crippen LogP contribution in [0.2, 0.25) is 0 Å². The molecule has 0 amide bonds. The van der Waals surface area contributed by atoms with Gasteiger partial charge in [-0.2, -0.15) is 7.68 Å². The summed E-state index contributed by atoms with van der Waals surface area (Å²) in [7, 11) is 6.94. The van der Waals surface area contributed by atoms with E-state index in [1.165, 1.54) is 42.2 Å². The van der Waals surface area contributed by atoms with E-state index >= 15 is 0 Å². The van der Waals surface area contributed by atoms with Crippen molar-refractivity contribution in [3.8, 4) is 0 Å². The minimum Gasteiger partial charge on any atom is -0.159 e. The fourth-order valence-electron chi connectivity index (χ4n) is 0.156. The third kappa shape index (κ3) is 1.45. The van der Waals surface area contributed by atoms with Crippen LogP contribution >= 0.6 is 7.68 Å². The van der Waals surface area contributed by atoms with Gasteiger partial charge in [0, 0.05) is 34.5 Å². The van der Waals surface area contributed by atoms with E-state index in [4.69, 9.17) is 0 Å². The molecule has 5 heavy (non-hydrogen) atoms. The molecule has 1 rings (SSSR count). The van der Waals surface area contributed by atoms with Crippen LogP contribution in [0.5, 0.6) is 0 Å². The van der Waals surface area contributed by atoms with Gasteiger partial charge in [0.15, 0.2) is 0 Å². The lowest BCUT2D eigenvalue weighted by Crippen LogP contribution is -2.00. The van der Waals surface area contributed by atoms with Crippen LogP contribution in [0.4, 0.5) is 0 Å². The van der Waals surface area contributed by atoms with Gasteiger partial charge >= 0.3 is 0 Å². The van der Waals surface area contributed by atoms with E-state index in [9.17, 15) is 0 Å². The van der Waals surface area contributed by atoms with Gasteiger partial charge in [-0.15, -0.1) is 0 Å². The van der Waals surface area contributed by atoms with Gasteiger partial charge in [0.05, 0.1) is 0 Å². The molecule has 0 aromatic heterocycles. The summed E-state index contributed by atoms with van der Waals surface area (Å²) in [6.07, 6.45) is 0. The molecule has 0 unspecified atom stereocenters. The zero-order valence-corrected chi connectivity index (χ0v) is 7.50. The molecule has 8 radical (unpaired) electrons. The fourth-order valence-corrected chi connectivity index (χ4v) is 38.0. The quantitative estimate of drug-likeness (QED) is 0.304. The summed E-state index contributed by atoms with van der Waals surface area (Å²) >= 11 is 0. The molecule has 0 aliphatic carbocycles. The van der Waals surface area contributed by atoms with Crippen molar-refractivity contribution in [2.24, 2.45) is 0 Å². The van der Waals surface area contributed by atoms with E-state index in [1.807, 2.05) is 0 Å². The maximum atomic E-state index is 1.39. The second kappa shape index (κ2) is 2.47. The Balaban J connectivity index is 2.08. The second-order valence-electron chi connectivity index (χ2n) is 0.625. The van der Waals surface area contributed by atoms with E-state index in [-0.39, 0.29) is 0 Å². The van der Waals surface area contributed by atoms with Gasteiger partial charge in [-0.1, -0.05) is 0 Å². The van der Waals surface area contributed by atoms with Crippen LogP contribution in [0, 0.1) is 0 Å². The molecule has 1 aliphatic rings. The Labute approximate surface area is 42.6 Å². The molecular formula is HPSi4. The van der Waals surface area contributed by atoms with E-state index in [0.29, 0.717) is 0 Å². The molecule has 0 nitrogen and oxygen atoms in total. The van der Waals surface area contributed by atoms with E-state index in [0.717, 1.165) is 0 Å². The summed E-state index contributed by atoms with van der Waals surface area (Å²) in [6.45, 7) is 0. The van der Waals surface area contributed by atoms with E-state index in [1.54, 1.807) is 0 Å². The van der Waals surface area contributed by atoms with Gasteiger partial charge in [-0.3, -0.25) is 0 Å². The summed E-state index contributed by atoms with van der Waals surface area (Å²) in [5.41, 5.74) is 0. The van der Waals surface area contributed by atoms with Crippen molar-refractivity contribution < 1.29 is 0 Å². The van der Waals surface area contributed by atoms with Crippen LogP contribution in [0.3, 0.4) is 0 Å². The first-order valence-corrected chi connectivity index (χ1v) is 11.2. The zero-order chi connectivity index (χ0) is 3.54. The summed E-state index contributed by atoms with van der Waals surface area (Å²) < 4.78 is 0. The maximum Gasteiger partial charge on any atom is 0.0446 e. The Morgan fingerprint density at radius 2 is 1.60 bits per heavy atom. The molecule has 1 aliphatic heterocycles. The molecule has 5 heteroatoms. The Morgan fingerprint density at radius 3 is 1.80 bits per heavy atom. The first kappa shape index (κ1) is 4.46. The summed E-state index contributed by atoms with van der Waals surface area (Å²) in [5, 5.41) is 0. The van der Waals surface area contributed by atoms with Crippen LogP contribution in [-0.2, 0) is 0 Å². The second-order valence-corrected chi connectivity index (χ2v) is 16.9. The fraction of sp³-hybridized carbons (Fsp3) is 0.